The Bertz CT molecular complexity index is 886. The molecule has 4 heterocycles. The van der Waals surface area contributed by atoms with Crippen molar-refractivity contribution in [2.75, 3.05) is 38.1 Å². The highest BCUT2D eigenvalue weighted by Gasteiger charge is 2.16. The Kier molecular flexibility index (Phi) is 4.29. The summed E-state index contributed by atoms with van der Waals surface area (Å²) in [6.07, 6.45) is 1.82. The second-order valence-corrected chi connectivity index (χ2v) is 6.44. The van der Waals surface area contributed by atoms with Gasteiger partial charge in [0.15, 0.2) is 0 Å². The van der Waals surface area contributed by atoms with Gasteiger partial charge in [-0.1, -0.05) is 6.07 Å². The predicted octanol–water partition coefficient (Wildman–Crippen LogP) is 1.90. The number of anilines is 1. The van der Waals surface area contributed by atoms with Crippen molar-refractivity contribution in [1.29, 1.82) is 0 Å². The largest absolute Gasteiger partial charge is 0.354 e. The van der Waals surface area contributed by atoms with E-state index >= 15 is 0 Å². The molecule has 0 aliphatic carbocycles. The van der Waals surface area contributed by atoms with Crippen LogP contribution >= 0.6 is 0 Å². The van der Waals surface area contributed by atoms with Crippen LogP contribution < -0.4 is 10.6 Å². The lowest BCUT2D eigenvalue weighted by Gasteiger charge is -2.33. The van der Waals surface area contributed by atoms with Gasteiger partial charge in [0.05, 0.1) is 22.6 Å². The van der Waals surface area contributed by atoms with Crippen LogP contribution in [0.25, 0.3) is 22.3 Å². The molecular formula is C19H22N6. The molecule has 2 N–H and O–H groups in total. The molecule has 1 aliphatic rings. The molecule has 1 aliphatic heterocycles. The van der Waals surface area contributed by atoms with Gasteiger partial charge < -0.3 is 15.5 Å². The van der Waals surface area contributed by atoms with E-state index in [1.165, 1.54) is 0 Å². The first kappa shape index (κ1) is 15.9. The minimum atomic E-state index is 0.416. The lowest BCUT2D eigenvalue weighted by molar-refractivity contribution is 0.312. The zero-order valence-electron chi connectivity index (χ0n) is 14.4. The predicted molar refractivity (Wildman–Crippen MR) is 100 cm³/mol. The van der Waals surface area contributed by atoms with Crippen LogP contribution in [0.3, 0.4) is 0 Å². The molecule has 0 saturated carbocycles. The smallest absolute Gasteiger partial charge is 0.129 e. The summed E-state index contributed by atoms with van der Waals surface area (Å²) in [5.74, 6) is 1.02. The average molecular weight is 334 g/mol. The number of fused-ring (bicyclic) bond motifs is 1. The number of nitrogens with two attached hydrogens (primary N) is 1. The van der Waals surface area contributed by atoms with Crippen LogP contribution in [-0.2, 0) is 6.54 Å². The lowest BCUT2D eigenvalue weighted by Crippen LogP contribution is -2.44. The molecular weight excluding hydrogens is 312 g/mol. The number of pyridine rings is 3. The highest BCUT2D eigenvalue weighted by atomic mass is 15.3. The van der Waals surface area contributed by atoms with Crippen LogP contribution in [0.2, 0.25) is 0 Å². The van der Waals surface area contributed by atoms with E-state index in [0.29, 0.717) is 6.54 Å². The van der Waals surface area contributed by atoms with Crippen LogP contribution in [0.4, 0.5) is 5.82 Å². The molecule has 1 fully saturated rings. The molecule has 0 spiro atoms. The summed E-state index contributed by atoms with van der Waals surface area (Å²) >= 11 is 0. The van der Waals surface area contributed by atoms with Crippen LogP contribution in [0, 0.1) is 0 Å². The van der Waals surface area contributed by atoms with Crippen molar-refractivity contribution in [2.24, 2.45) is 5.73 Å². The van der Waals surface area contributed by atoms with Crippen molar-refractivity contribution in [3.05, 3.63) is 48.3 Å². The number of likely N-dealkylation sites (N-methyl/N-ethyl adjacent to an activating group) is 1. The molecule has 0 amide bonds. The second kappa shape index (κ2) is 6.74. The van der Waals surface area contributed by atoms with Gasteiger partial charge in [-0.25, -0.2) is 9.97 Å². The molecule has 128 valence electrons. The van der Waals surface area contributed by atoms with Gasteiger partial charge in [0, 0.05) is 44.3 Å². The maximum Gasteiger partial charge on any atom is 0.129 e. The van der Waals surface area contributed by atoms with E-state index in [0.717, 1.165) is 60.0 Å². The molecule has 0 atom stereocenters. The summed E-state index contributed by atoms with van der Waals surface area (Å²) in [6.45, 7) is 4.55. The normalized spacial score (nSPS) is 15.7. The Hall–Kier alpha value is -2.57. The van der Waals surface area contributed by atoms with Gasteiger partial charge in [0.25, 0.3) is 0 Å². The van der Waals surface area contributed by atoms with E-state index in [2.05, 4.69) is 34.0 Å². The molecule has 0 unspecified atom stereocenters. The lowest BCUT2D eigenvalue weighted by atomic mass is 10.2. The van der Waals surface area contributed by atoms with Crippen LogP contribution in [0.5, 0.6) is 0 Å². The molecule has 0 bridgehead atoms. The Morgan fingerprint density at radius 3 is 2.60 bits per heavy atom. The van der Waals surface area contributed by atoms with E-state index in [-0.39, 0.29) is 0 Å². The fourth-order valence-electron chi connectivity index (χ4n) is 3.09. The van der Waals surface area contributed by atoms with E-state index < -0.39 is 0 Å². The van der Waals surface area contributed by atoms with Gasteiger partial charge in [-0.3, -0.25) is 4.98 Å². The second-order valence-electron chi connectivity index (χ2n) is 6.44. The fourth-order valence-corrected chi connectivity index (χ4v) is 3.09. The van der Waals surface area contributed by atoms with Gasteiger partial charge in [-0.2, -0.15) is 0 Å². The number of rotatable bonds is 3. The molecule has 0 radical (unpaired) electrons. The van der Waals surface area contributed by atoms with Crippen LogP contribution in [-0.4, -0.2) is 53.1 Å². The maximum atomic E-state index is 5.69. The number of hydrogen-bond donors (Lipinski definition) is 1. The van der Waals surface area contributed by atoms with Crippen molar-refractivity contribution in [3.63, 3.8) is 0 Å². The van der Waals surface area contributed by atoms with E-state index in [4.69, 9.17) is 15.7 Å². The van der Waals surface area contributed by atoms with E-state index in [1.54, 1.807) is 0 Å². The number of nitrogens with zero attached hydrogens (tertiary/aromatic N) is 5. The SMILES string of the molecule is CN1CCN(c2cccc(-c3ccc4cnc(CN)cc4n3)n2)CC1. The van der Waals surface area contributed by atoms with Gasteiger partial charge in [-0.15, -0.1) is 0 Å². The first-order chi connectivity index (χ1) is 12.2. The first-order valence-corrected chi connectivity index (χ1v) is 8.59. The minimum absolute atomic E-state index is 0.416. The summed E-state index contributed by atoms with van der Waals surface area (Å²) in [7, 11) is 2.16. The number of aromatic nitrogens is 3. The van der Waals surface area contributed by atoms with Gasteiger partial charge in [0.2, 0.25) is 0 Å². The van der Waals surface area contributed by atoms with Crippen molar-refractivity contribution in [2.45, 2.75) is 6.54 Å². The third-order valence-electron chi connectivity index (χ3n) is 4.66. The van der Waals surface area contributed by atoms with Gasteiger partial charge in [0.1, 0.15) is 5.82 Å². The van der Waals surface area contributed by atoms with E-state index in [1.807, 2.05) is 30.5 Å². The Morgan fingerprint density at radius 2 is 1.80 bits per heavy atom. The highest BCUT2D eigenvalue weighted by molar-refractivity contribution is 5.80. The van der Waals surface area contributed by atoms with Gasteiger partial charge in [-0.05, 0) is 37.4 Å². The summed E-state index contributed by atoms with van der Waals surface area (Å²) in [5, 5.41) is 1.01. The summed E-state index contributed by atoms with van der Waals surface area (Å²) < 4.78 is 0. The fraction of sp³-hybridized carbons (Fsp3) is 0.316. The molecule has 0 aromatic carbocycles. The molecule has 25 heavy (non-hydrogen) atoms. The molecule has 1 saturated heterocycles. The molecule has 6 heteroatoms. The van der Waals surface area contributed by atoms with Crippen molar-refractivity contribution in [3.8, 4) is 11.4 Å². The Balaban J connectivity index is 1.67. The molecule has 6 nitrogen and oxygen atoms in total. The molecule has 3 aromatic heterocycles. The summed E-state index contributed by atoms with van der Waals surface area (Å²) in [6, 6.07) is 12.1. The minimum Gasteiger partial charge on any atom is -0.354 e. The third kappa shape index (κ3) is 3.31. The number of hydrogen-bond acceptors (Lipinski definition) is 6. The van der Waals surface area contributed by atoms with Crippen LogP contribution in [0.1, 0.15) is 5.69 Å². The summed E-state index contributed by atoms with van der Waals surface area (Å²) in [4.78, 5) is 18.6. The quantitative estimate of drug-likeness (QED) is 0.789. The Labute approximate surface area is 147 Å². The van der Waals surface area contributed by atoms with E-state index in [9.17, 15) is 0 Å². The molecule has 4 rings (SSSR count). The van der Waals surface area contributed by atoms with Crippen LogP contribution in [0.15, 0.2) is 42.6 Å². The average Bonchev–Trinajstić information content (AvgIpc) is 2.67. The Morgan fingerprint density at radius 1 is 1.00 bits per heavy atom. The van der Waals surface area contributed by atoms with Crippen molar-refractivity contribution in [1.82, 2.24) is 19.9 Å². The first-order valence-electron chi connectivity index (χ1n) is 8.59. The molecule has 3 aromatic rings. The zero-order chi connectivity index (χ0) is 17.2. The van der Waals surface area contributed by atoms with Crippen molar-refractivity contribution < 1.29 is 0 Å². The monoisotopic (exact) mass is 334 g/mol. The van der Waals surface area contributed by atoms with Gasteiger partial charge >= 0.3 is 0 Å². The standard InChI is InChI=1S/C19H22N6/c1-24-7-9-25(10-8-24)19-4-2-3-16(23-19)17-6-5-14-13-21-15(12-20)11-18(14)22-17/h2-6,11,13H,7-10,12,20H2,1H3. The highest BCUT2D eigenvalue weighted by Crippen LogP contribution is 2.22. The number of piperazine rings is 1. The third-order valence-corrected chi connectivity index (χ3v) is 4.66. The topological polar surface area (TPSA) is 71.2 Å². The maximum absolute atomic E-state index is 5.69. The summed E-state index contributed by atoms with van der Waals surface area (Å²) in [5.41, 5.74) is 9.20. The zero-order valence-corrected chi connectivity index (χ0v) is 14.4. The van der Waals surface area contributed by atoms with Crippen molar-refractivity contribution >= 4 is 16.7 Å².